The minimum absolute atomic E-state index is 0. The van der Waals surface area contributed by atoms with Crippen LogP contribution in [0.4, 0.5) is 0 Å². The van der Waals surface area contributed by atoms with Gasteiger partial charge in [0.2, 0.25) is 5.91 Å². The van der Waals surface area contributed by atoms with E-state index in [0.29, 0.717) is 13.1 Å². The van der Waals surface area contributed by atoms with Gasteiger partial charge < -0.3 is 15.7 Å². The molecule has 0 saturated carbocycles. The third-order valence-corrected chi connectivity index (χ3v) is 3.72. The third-order valence-electron chi connectivity index (χ3n) is 3.72. The fourth-order valence-electron chi connectivity index (χ4n) is 2.58. The lowest BCUT2D eigenvalue weighted by molar-refractivity contribution is -0.126. The fourth-order valence-corrected chi connectivity index (χ4v) is 2.58. The van der Waals surface area contributed by atoms with Gasteiger partial charge in [0.05, 0.1) is 6.10 Å². The molecule has 1 amide bonds. The highest BCUT2D eigenvalue weighted by atomic mass is 35.5. The molecule has 7 heteroatoms. The van der Waals surface area contributed by atoms with Crippen LogP contribution in [0.25, 0.3) is 0 Å². The van der Waals surface area contributed by atoms with Gasteiger partial charge in [0.1, 0.15) is 6.04 Å². The molecule has 1 aliphatic rings. The maximum absolute atomic E-state index is 12.4. The van der Waals surface area contributed by atoms with Crippen molar-refractivity contribution in [3.63, 3.8) is 0 Å². The molecular weight excluding hydrogens is 325 g/mol. The number of carbonyl (C=O) groups excluding carboxylic acids is 1. The number of halogens is 2. The van der Waals surface area contributed by atoms with E-state index in [1.54, 1.807) is 0 Å². The van der Waals surface area contributed by atoms with Crippen molar-refractivity contribution in [3.05, 3.63) is 35.9 Å². The van der Waals surface area contributed by atoms with Crippen molar-refractivity contribution < 1.29 is 9.90 Å². The second kappa shape index (κ2) is 10.0. The molecule has 1 aromatic rings. The van der Waals surface area contributed by atoms with Crippen molar-refractivity contribution in [2.24, 2.45) is 5.92 Å². The lowest BCUT2D eigenvalue weighted by atomic mass is 10.0. The highest BCUT2D eigenvalue weighted by Crippen LogP contribution is 2.18. The van der Waals surface area contributed by atoms with Crippen LogP contribution in [0.15, 0.2) is 30.3 Å². The summed E-state index contributed by atoms with van der Waals surface area (Å²) < 4.78 is 0. The van der Waals surface area contributed by atoms with Crippen LogP contribution in [0.3, 0.4) is 0 Å². The lowest BCUT2D eigenvalue weighted by Gasteiger charge is -2.25. The van der Waals surface area contributed by atoms with Gasteiger partial charge in [0.25, 0.3) is 0 Å². The Kier molecular flexibility index (Phi) is 9.64. The molecule has 2 rings (SSSR count). The van der Waals surface area contributed by atoms with Crippen molar-refractivity contribution in [2.45, 2.75) is 12.1 Å². The zero-order chi connectivity index (χ0) is 14.5. The van der Waals surface area contributed by atoms with Crippen LogP contribution >= 0.6 is 24.8 Å². The Morgan fingerprint density at radius 3 is 2.45 bits per heavy atom. The molecule has 0 aliphatic carbocycles. The SMILES string of the molecule is CN(C)C(C(=O)NCC1CNCC1O)c1ccccc1.Cl.Cl. The second-order valence-electron chi connectivity index (χ2n) is 5.51. The molecule has 0 spiro atoms. The number of benzene rings is 1. The highest BCUT2D eigenvalue weighted by molar-refractivity contribution is 5.85. The van der Waals surface area contributed by atoms with Crippen LogP contribution in [-0.4, -0.2) is 55.7 Å². The van der Waals surface area contributed by atoms with Gasteiger partial charge in [-0.1, -0.05) is 30.3 Å². The van der Waals surface area contributed by atoms with Crippen LogP contribution in [0.5, 0.6) is 0 Å². The Morgan fingerprint density at radius 1 is 1.32 bits per heavy atom. The van der Waals surface area contributed by atoms with Gasteiger partial charge in [0, 0.05) is 25.6 Å². The fraction of sp³-hybridized carbons (Fsp3) is 0.533. The van der Waals surface area contributed by atoms with Crippen molar-refractivity contribution in [3.8, 4) is 0 Å². The van der Waals surface area contributed by atoms with E-state index in [2.05, 4.69) is 10.6 Å². The summed E-state index contributed by atoms with van der Waals surface area (Å²) in [6, 6.07) is 9.41. The number of β-amino-alcohol motifs (C(OH)–C–C–N with tert-alkyl or cyclic N) is 1. The zero-order valence-electron chi connectivity index (χ0n) is 12.9. The Hall–Kier alpha value is -0.850. The number of nitrogens with one attached hydrogen (secondary N) is 2. The first-order valence-electron chi connectivity index (χ1n) is 6.97. The first kappa shape index (κ1) is 21.1. The number of aliphatic hydroxyl groups is 1. The van der Waals surface area contributed by atoms with Gasteiger partial charge in [0.15, 0.2) is 0 Å². The average molecular weight is 350 g/mol. The highest BCUT2D eigenvalue weighted by Gasteiger charge is 2.27. The standard InChI is InChI=1S/C15H23N3O2.2ClH/c1-18(2)14(11-6-4-3-5-7-11)15(20)17-9-12-8-16-10-13(12)19;;/h3-7,12-14,16,19H,8-10H2,1-2H3,(H,17,20);2*1H. The van der Waals surface area contributed by atoms with Gasteiger partial charge in [-0.05, 0) is 19.7 Å². The molecule has 1 aliphatic heterocycles. The molecule has 0 bridgehead atoms. The van der Waals surface area contributed by atoms with E-state index in [1.165, 1.54) is 0 Å². The molecule has 3 atom stereocenters. The van der Waals surface area contributed by atoms with E-state index in [9.17, 15) is 9.90 Å². The Labute approximate surface area is 144 Å². The van der Waals surface area contributed by atoms with E-state index >= 15 is 0 Å². The first-order valence-corrected chi connectivity index (χ1v) is 6.97. The van der Waals surface area contributed by atoms with Crippen molar-refractivity contribution in [1.29, 1.82) is 0 Å². The largest absolute Gasteiger partial charge is 0.391 e. The van der Waals surface area contributed by atoms with Gasteiger partial charge in [-0.25, -0.2) is 0 Å². The molecule has 3 N–H and O–H groups in total. The lowest BCUT2D eigenvalue weighted by Crippen LogP contribution is -2.41. The topological polar surface area (TPSA) is 64.6 Å². The summed E-state index contributed by atoms with van der Waals surface area (Å²) in [6.45, 7) is 1.86. The van der Waals surface area contributed by atoms with Crippen LogP contribution in [0.2, 0.25) is 0 Å². The molecule has 22 heavy (non-hydrogen) atoms. The van der Waals surface area contributed by atoms with Crippen LogP contribution in [0, 0.1) is 5.92 Å². The minimum atomic E-state index is -0.371. The summed E-state index contributed by atoms with van der Waals surface area (Å²) in [5.74, 6) is 0.0674. The predicted octanol–water partition coefficient (Wildman–Crippen LogP) is 0.829. The molecule has 3 unspecified atom stereocenters. The molecule has 5 nitrogen and oxygen atoms in total. The second-order valence-corrected chi connectivity index (χ2v) is 5.51. The van der Waals surface area contributed by atoms with Gasteiger partial charge in [-0.2, -0.15) is 0 Å². The van der Waals surface area contributed by atoms with E-state index in [0.717, 1.165) is 12.1 Å². The van der Waals surface area contributed by atoms with E-state index in [-0.39, 0.29) is 48.8 Å². The molecule has 1 fully saturated rings. The molecule has 126 valence electrons. The Balaban J connectivity index is 0.00000220. The summed E-state index contributed by atoms with van der Waals surface area (Å²) in [7, 11) is 3.78. The summed E-state index contributed by atoms with van der Waals surface area (Å²) in [6.07, 6.45) is -0.371. The first-order chi connectivity index (χ1) is 9.59. The number of hydrogen-bond donors (Lipinski definition) is 3. The van der Waals surface area contributed by atoms with Crippen LogP contribution in [-0.2, 0) is 4.79 Å². The monoisotopic (exact) mass is 349 g/mol. The zero-order valence-corrected chi connectivity index (χ0v) is 14.5. The molecule has 1 heterocycles. The summed E-state index contributed by atoms with van der Waals surface area (Å²) >= 11 is 0. The third kappa shape index (κ3) is 5.41. The minimum Gasteiger partial charge on any atom is -0.391 e. The number of carbonyl (C=O) groups is 1. The van der Waals surface area contributed by atoms with Crippen LogP contribution in [0.1, 0.15) is 11.6 Å². The smallest absolute Gasteiger partial charge is 0.241 e. The van der Waals surface area contributed by atoms with E-state index in [1.807, 2.05) is 49.3 Å². The van der Waals surface area contributed by atoms with E-state index in [4.69, 9.17) is 0 Å². The van der Waals surface area contributed by atoms with Crippen molar-refractivity contribution >= 4 is 30.7 Å². The maximum Gasteiger partial charge on any atom is 0.241 e. The van der Waals surface area contributed by atoms with Crippen molar-refractivity contribution in [2.75, 3.05) is 33.7 Å². The number of rotatable bonds is 5. The average Bonchev–Trinajstić information content (AvgIpc) is 2.83. The summed E-state index contributed by atoms with van der Waals surface area (Å²) in [4.78, 5) is 14.3. The number of likely N-dealkylation sites (N-methyl/N-ethyl adjacent to an activating group) is 1. The number of amides is 1. The van der Waals surface area contributed by atoms with Gasteiger partial charge in [-0.3, -0.25) is 9.69 Å². The predicted molar refractivity (Wildman–Crippen MR) is 92.7 cm³/mol. The molecular formula is C15H25Cl2N3O2. The number of hydrogen-bond acceptors (Lipinski definition) is 4. The number of aliphatic hydroxyl groups excluding tert-OH is 1. The van der Waals surface area contributed by atoms with E-state index < -0.39 is 0 Å². The quantitative estimate of drug-likeness (QED) is 0.736. The van der Waals surface area contributed by atoms with Crippen molar-refractivity contribution in [1.82, 2.24) is 15.5 Å². The Bertz CT molecular complexity index is 446. The molecule has 1 aromatic carbocycles. The van der Waals surface area contributed by atoms with Gasteiger partial charge in [-0.15, -0.1) is 24.8 Å². The van der Waals surface area contributed by atoms with Crippen LogP contribution < -0.4 is 10.6 Å². The Morgan fingerprint density at radius 2 is 1.95 bits per heavy atom. The molecule has 0 radical (unpaired) electrons. The van der Waals surface area contributed by atoms with Gasteiger partial charge >= 0.3 is 0 Å². The number of nitrogens with zero attached hydrogens (tertiary/aromatic N) is 1. The maximum atomic E-state index is 12.4. The molecule has 0 aromatic heterocycles. The normalized spacial score (nSPS) is 21.6. The summed E-state index contributed by atoms with van der Waals surface area (Å²) in [5, 5.41) is 15.8. The summed E-state index contributed by atoms with van der Waals surface area (Å²) in [5.41, 5.74) is 0.972. The molecule has 1 saturated heterocycles.